The average molecular weight is 195 g/mol. The molecule has 2 fully saturated rings. The number of hydrogen-bond acceptors (Lipinski definition) is 1. The monoisotopic (exact) mass is 195 g/mol. The van der Waals surface area contributed by atoms with E-state index < -0.39 is 0 Å². The fraction of sp³-hybridized carbons (Fsp3) is 0.909. The van der Waals surface area contributed by atoms with Gasteiger partial charge < -0.3 is 10.6 Å². The van der Waals surface area contributed by atoms with Gasteiger partial charge in [-0.3, -0.25) is 4.99 Å². The van der Waals surface area contributed by atoms with Crippen molar-refractivity contribution in [2.45, 2.75) is 39.2 Å². The van der Waals surface area contributed by atoms with E-state index in [0.717, 1.165) is 18.4 Å². The first kappa shape index (κ1) is 9.81. The van der Waals surface area contributed by atoms with Gasteiger partial charge in [0.2, 0.25) is 0 Å². The maximum absolute atomic E-state index is 5.93. The van der Waals surface area contributed by atoms with Crippen LogP contribution in [0.25, 0.3) is 0 Å². The van der Waals surface area contributed by atoms with Gasteiger partial charge in [0.25, 0.3) is 0 Å². The lowest BCUT2D eigenvalue weighted by Gasteiger charge is -2.24. The molecule has 0 aromatic heterocycles. The number of nitrogens with two attached hydrogens (primary N) is 1. The zero-order valence-electron chi connectivity index (χ0n) is 9.45. The lowest BCUT2D eigenvalue weighted by atomic mass is 9.80. The van der Waals surface area contributed by atoms with E-state index in [1.54, 1.807) is 7.05 Å². The molecule has 0 spiro atoms. The summed E-state index contributed by atoms with van der Waals surface area (Å²) in [6.07, 6.45) is 4.02. The van der Waals surface area contributed by atoms with Gasteiger partial charge in [0, 0.05) is 19.6 Å². The van der Waals surface area contributed by atoms with Crippen molar-refractivity contribution in [3.63, 3.8) is 0 Å². The third-order valence-corrected chi connectivity index (χ3v) is 3.98. The molecule has 2 unspecified atom stereocenters. The van der Waals surface area contributed by atoms with Gasteiger partial charge in [-0.2, -0.15) is 0 Å². The molecule has 0 aromatic carbocycles. The van der Waals surface area contributed by atoms with Gasteiger partial charge in [-0.05, 0) is 24.2 Å². The summed E-state index contributed by atoms with van der Waals surface area (Å²) in [6, 6.07) is 0.661. The van der Waals surface area contributed by atoms with Crippen LogP contribution in [0.5, 0.6) is 0 Å². The lowest BCUT2D eigenvalue weighted by Crippen LogP contribution is -2.41. The van der Waals surface area contributed by atoms with Crippen molar-refractivity contribution in [1.29, 1.82) is 0 Å². The van der Waals surface area contributed by atoms with Crippen LogP contribution < -0.4 is 5.73 Å². The van der Waals surface area contributed by atoms with Gasteiger partial charge in [-0.1, -0.05) is 20.3 Å². The second-order valence-corrected chi connectivity index (χ2v) is 5.30. The molecule has 0 radical (unpaired) electrons. The minimum Gasteiger partial charge on any atom is -0.370 e. The Morgan fingerprint density at radius 1 is 1.43 bits per heavy atom. The Bertz CT molecular complexity index is 257. The molecule has 80 valence electrons. The van der Waals surface area contributed by atoms with Gasteiger partial charge in [0.15, 0.2) is 5.96 Å². The smallest absolute Gasteiger partial charge is 0.191 e. The number of nitrogens with zero attached hydrogens (tertiary/aromatic N) is 2. The molecule has 1 heterocycles. The minimum atomic E-state index is 0.413. The molecule has 14 heavy (non-hydrogen) atoms. The fourth-order valence-corrected chi connectivity index (χ4v) is 3.28. The van der Waals surface area contributed by atoms with Gasteiger partial charge in [0.05, 0.1) is 0 Å². The number of hydrogen-bond donors (Lipinski definition) is 1. The van der Waals surface area contributed by atoms with E-state index in [-0.39, 0.29) is 0 Å². The lowest BCUT2D eigenvalue weighted by molar-refractivity contribution is 0.277. The topological polar surface area (TPSA) is 41.6 Å². The molecule has 1 saturated heterocycles. The molecule has 0 aromatic rings. The van der Waals surface area contributed by atoms with Crippen molar-refractivity contribution in [3.05, 3.63) is 0 Å². The summed E-state index contributed by atoms with van der Waals surface area (Å²) in [5.41, 5.74) is 6.34. The molecule has 3 heteroatoms. The molecule has 2 N–H and O–H groups in total. The van der Waals surface area contributed by atoms with E-state index in [2.05, 4.69) is 23.7 Å². The second kappa shape index (κ2) is 3.14. The summed E-state index contributed by atoms with van der Waals surface area (Å²) in [6.45, 7) is 5.80. The maximum Gasteiger partial charge on any atom is 0.191 e. The van der Waals surface area contributed by atoms with Gasteiger partial charge in [0.1, 0.15) is 0 Å². The Morgan fingerprint density at radius 3 is 2.79 bits per heavy atom. The summed E-state index contributed by atoms with van der Waals surface area (Å²) >= 11 is 0. The zero-order chi connectivity index (χ0) is 10.3. The van der Waals surface area contributed by atoms with Crippen molar-refractivity contribution in [2.75, 3.05) is 13.6 Å². The number of guanidine groups is 1. The van der Waals surface area contributed by atoms with Crippen LogP contribution in [0.2, 0.25) is 0 Å². The Labute approximate surface area is 86.4 Å². The third-order valence-electron chi connectivity index (χ3n) is 3.98. The summed E-state index contributed by atoms with van der Waals surface area (Å²) in [5.74, 6) is 1.55. The van der Waals surface area contributed by atoms with Crippen molar-refractivity contribution in [3.8, 4) is 0 Å². The van der Waals surface area contributed by atoms with E-state index in [9.17, 15) is 0 Å². The number of rotatable bonds is 0. The van der Waals surface area contributed by atoms with E-state index in [4.69, 9.17) is 5.73 Å². The van der Waals surface area contributed by atoms with Crippen molar-refractivity contribution in [2.24, 2.45) is 22.1 Å². The standard InChI is InChI=1S/C11H21N3/c1-11(2)7-14(10(12)13-3)9-6-4-5-8(9)11/h8-9H,4-7H2,1-3H3,(H2,12,13). The number of aliphatic imine (C=N–C) groups is 1. The molecule has 1 aliphatic heterocycles. The number of fused-ring (bicyclic) bond motifs is 1. The first-order valence-electron chi connectivity index (χ1n) is 5.55. The highest BCUT2D eigenvalue weighted by Gasteiger charge is 2.49. The molecule has 2 atom stereocenters. The van der Waals surface area contributed by atoms with Crippen LogP contribution >= 0.6 is 0 Å². The molecule has 2 aliphatic rings. The van der Waals surface area contributed by atoms with Crippen LogP contribution in [-0.4, -0.2) is 30.5 Å². The van der Waals surface area contributed by atoms with Crippen molar-refractivity contribution in [1.82, 2.24) is 4.90 Å². The quantitative estimate of drug-likeness (QED) is 0.469. The normalized spacial score (nSPS) is 36.2. The van der Waals surface area contributed by atoms with Crippen LogP contribution in [0.4, 0.5) is 0 Å². The average Bonchev–Trinajstić information content (AvgIpc) is 2.68. The van der Waals surface area contributed by atoms with Crippen LogP contribution in [-0.2, 0) is 0 Å². The second-order valence-electron chi connectivity index (χ2n) is 5.30. The largest absolute Gasteiger partial charge is 0.370 e. The molecule has 0 bridgehead atoms. The predicted molar refractivity (Wildman–Crippen MR) is 59.2 cm³/mol. The van der Waals surface area contributed by atoms with E-state index in [1.165, 1.54) is 19.3 Å². The minimum absolute atomic E-state index is 0.413. The highest BCUT2D eigenvalue weighted by molar-refractivity contribution is 5.78. The molecule has 0 amide bonds. The third kappa shape index (κ3) is 1.30. The summed E-state index contributed by atoms with van der Waals surface area (Å²) in [4.78, 5) is 6.43. The van der Waals surface area contributed by atoms with Crippen LogP contribution in [0.3, 0.4) is 0 Å². The SMILES string of the molecule is CN=C(N)N1CC(C)(C)C2CCCC21. The maximum atomic E-state index is 5.93. The Hall–Kier alpha value is -0.730. The Morgan fingerprint density at radius 2 is 2.14 bits per heavy atom. The fourth-order valence-electron chi connectivity index (χ4n) is 3.28. The molecule has 3 nitrogen and oxygen atoms in total. The molecular weight excluding hydrogens is 174 g/mol. The van der Waals surface area contributed by atoms with E-state index in [0.29, 0.717) is 11.5 Å². The first-order valence-corrected chi connectivity index (χ1v) is 5.55. The molecule has 1 saturated carbocycles. The predicted octanol–water partition coefficient (Wildman–Crippen LogP) is 1.44. The van der Waals surface area contributed by atoms with Crippen molar-refractivity contribution < 1.29 is 0 Å². The summed E-state index contributed by atoms with van der Waals surface area (Å²) in [7, 11) is 1.78. The van der Waals surface area contributed by atoms with E-state index >= 15 is 0 Å². The summed E-state index contributed by atoms with van der Waals surface area (Å²) < 4.78 is 0. The molecular formula is C11H21N3. The zero-order valence-corrected chi connectivity index (χ0v) is 9.45. The highest BCUT2D eigenvalue weighted by Crippen LogP contribution is 2.48. The van der Waals surface area contributed by atoms with Gasteiger partial charge in [-0.15, -0.1) is 0 Å². The van der Waals surface area contributed by atoms with Gasteiger partial charge in [-0.25, -0.2) is 0 Å². The van der Waals surface area contributed by atoms with Crippen LogP contribution in [0, 0.1) is 11.3 Å². The highest BCUT2D eigenvalue weighted by atomic mass is 15.3. The number of likely N-dealkylation sites (tertiary alicyclic amines) is 1. The Balaban J connectivity index is 2.23. The van der Waals surface area contributed by atoms with Crippen LogP contribution in [0.15, 0.2) is 4.99 Å². The molecule has 2 rings (SSSR count). The summed E-state index contributed by atoms with van der Waals surface area (Å²) in [5, 5.41) is 0. The van der Waals surface area contributed by atoms with E-state index in [1.807, 2.05) is 0 Å². The van der Waals surface area contributed by atoms with Crippen LogP contribution in [0.1, 0.15) is 33.1 Å². The van der Waals surface area contributed by atoms with Gasteiger partial charge >= 0.3 is 0 Å². The molecule has 1 aliphatic carbocycles. The first-order chi connectivity index (χ1) is 6.56. The Kier molecular flexibility index (Phi) is 2.20. The van der Waals surface area contributed by atoms with Crippen molar-refractivity contribution >= 4 is 5.96 Å².